The van der Waals surface area contributed by atoms with Crippen LogP contribution in [0.3, 0.4) is 0 Å². The Bertz CT molecular complexity index is 2760. The van der Waals surface area contributed by atoms with Crippen LogP contribution >= 0.6 is 0 Å². The van der Waals surface area contributed by atoms with Crippen molar-refractivity contribution in [3.8, 4) is 34.5 Å². The maximum atomic E-state index is 13.0. The van der Waals surface area contributed by atoms with Gasteiger partial charge in [0.2, 0.25) is 0 Å². The van der Waals surface area contributed by atoms with Crippen molar-refractivity contribution in [2.45, 2.75) is 155 Å². The van der Waals surface area contributed by atoms with E-state index in [0.29, 0.717) is 64.2 Å². The highest BCUT2D eigenvalue weighted by atomic mass is 16.6. The van der Waals surface area contributed by atoms with Gasteiger partial charge in [-0.3, -0.25) is 28.8 Å². The van der Waals surface area contributed by atoms with E-state index >= 15 is 0 Å². The second-order valence-electron chi connectivity index (χ2n) is 23.6. The SMILES string of the molecule is C=CC(C)(C)c1cc(C=CC(=O)c2ccc(OC(=O)C(C)(C)C)cc2)c(OCCC)cc1OC(=O)C(C)(C)C.CCCc1cc(C=CC(=O)c2ccc(OC(=O)C(C)(C)C)cc2)c(OC(C)C)cc1OC(=O)C(C)(C)C. The number of hydrogen-bond acceptors (Lipinski definition) is 12. The van der Waals surface area contributed by atoms with Crippen LogP contribution in [0, 0.1) is 21.7 Å². The van der Waals surface area contributed by atoms with Gasteiger partial charge in [0, 0.05) is 45.4 Å². The molecule has 0 aliphatic heterocycles. The summed E-state index contributed by atoms with van der Waals surface area (Å²) in [5.74, 6) is 0.861. The molecule has 4 aromatic carbocycles. The molecule has 0 aliphatic rings. The number of esters is 4. The van der Waals surface area contributed by atoms with Gasteiger partial charge < -0.3 is 28.4 Å². The molecule has 0 saturated heterocycles. The van der Waals surface area contributed by atoms with Crippen LogP contribution in [0.5, 0.6) is 34.5 Å². The molecule has 0 aliphatic carbocycles. The molecule has 0 atom stereocenters. The molecule has 0 aromatic heterocycles. The van der Waals surface area contributed by atoms with E-state index in [1.54, 1.807) is 141 Å². The van der Waals surface area contributed by atoms with Gasteiger partial charge in [-0.1, -0.05) is 40.2 Å². The first-order valence-corrected chi connectivity index (χ1v) is 25.9. The Morgan fingerprint density at radius 1 is 0.500 bits per heavy atom. The lowest BCUT2D eigenvalue weighted by Gasteiger charge is -2.26. The summed E-state index contributed by atoms with van der Waals surface area (Å²) >= 11 is 0. The standard InChI is InChI=1S/C33H42O6.C31H40O6/c1-11-19-37-27-21-28(39-30(36)32(6,7)8)25(33(9,10)12-2)20-23(27)15-18-26(34)22-13-16-24(17-14-22)38-29(35)31(3,4)5;1-10-11-22-18-23(26(35-20(2)3)19-27(22)37-29(34)31(7,8)9)14-17-25(32)21-12-15-24(16-13-21)36-28(33)30(4,5)6/h12-18,20-21H,2,11,19H2,1,3-10H3;12-20H,10-11H2,1-9H3. The smallest absolute Gasteiger partial charge is 0.316 e. The zero-order valence-corrected chi connectivity index (χ0v) is 48.3. The van der Waals surface area contributed by atoms with Gasteiger partial charge in [-0.15, -0.1) is 6.58 Å². The lowest BCUT2D eigenvalue weighted by Crippen LogP contribution is -2.27. The van der Waals surface area contributed by atoms with E-state index in [4.69, 9.17) is 28.4 Å². The molecule has 0 saturated carbocycles. The Labute approximate surface area is 452 Å². The minimum Gasteiger partial charge on any atom is -0.493 e. The van der Waals surface area contributed by atoms with Gasteiger partial charge in [0.15, 0.2) is 11.6 Å². The molecular weight excluding hydrogens is 961 g/mol. The van der Waals surface area contributed by atoms with Gasteiger partial charge in [-0.05, 0) is 200 Å². The first-order valence-electron chi connectivity index (χ1n) is 25.9. The van der Waals surface area contributed by atoms with Crippen molar-refractivity contribution >= 4 is 47.6 Å². The van der Waals surface area contributed by atoms with E-state index in [1.165, 1.54) is 12.2 Å². The number of carbonyl (C=O) groups excluding carboxylic acids is 6. The third kappa shape index (κ3) is 19.2. The normalized spacial score (nSPS) is 12.1. The third-order valence-electron chi connectivity index (χ3n) is 11.2. The Kier molecular flexibility index (Phi) is 22.1. The second-order valence-corrected chi connectivity index (χ2v) is 23.6. The summed E-state index contributed by atoms with van der Waals surface area (Å²) < 4.78 is 34.3. The van der Waals surface area contributed by atoms with E-state index in [9.17, 15) is 28.8 Å². The number of allylic oxidation sites excluding steroid dienone is 3. The van der Waals surface area contributed by atoms with Gasteiger partial charge in [-0.2, -0.15) is 0 Å². The minimum absolute atomic E-state index is 0.116. The second kappa shape index (κ2) is 26.6. The topological polar surface area (TPSA) is 158 Å². The zero-order valence-electron chi connectivity index (χ0n) is 48.3. The first-order chi connectivity index (χ1) is 35.1. The minimum atomic E-state index is -0.689. The quantitative estimate of drug-likeness (QED) is 0.0288. The Morgan fingerprint density at radius 2 is 0.895 bits per heavy atom. The van der Waals surface area contributed by atoms with Crippen molar-refractivity contribution in [2.24, 2.45) is 21.7 Å². The van der Waals surface area contributed by atoms with Gasteiger partial charge in [0.25, 0.3) is 0 Å². The highest BCUT2D eigenvalue weighted by Gasteiger charge is 2.30. The van der Waals surface area contributed by atoms with Crippen molar-refractivity contribution in [1.82, 2.24) is 0 Å². The Hall–Kier alpha value is -7.08. The van der Waals surface area contributed by atoms with Crippen LogP contribution in [0.2, 0.25) is 0 Å². The van der Waals surface area contributed by atoms with Crippen LogP contribution in [-0.2, 0) is 31.0 Å². The summed E-state index contributed by atoms with van der Waals surface area (Å²) in [7, 11) is 0. The van der Waals surface area contributed by atoms with Crippen LogP contribution < -0.4 is 28.4 Å². The fraction of sp³-hybridized carbons (Fsp3) is 0.438. The molecule has 4 aromatic rings. The molecule has 76 heavy (non-hydrogen) atoms. The average Bonchev–Trinajstić information content (AvgIpc) is 3.32. The van der Waals surface area contributed by atoms with Gasteiger partial charge in [0.05, 0.1) is 34.4 Å². The number of rotatable bonds is 19. The van der Waals surface area contributed by atoms with Crippen molar-refractivity contribution in [3.63, 3.8) is 0 Å². The van der Waals surface area contributed by atoms with Crippen molar-refractivity contribution in [2.75, 3.05) is 6.61 Å². The predicted octanol–water partition coefficient (Wildman–Crippen LogP) is 15.0. The summed E-state index contributed by atoms with van der Waals surface area (Å²) in [4.78, 5) is 75.4. The van der Waals surface area contributed by atoms with E-state index < -0.39 is 27.1 Å². The monoisotopic (exact) mass is 1040 g/mol. The van der Waals surface area contributed by atoms with Crippen molar-refractivity contribution < 1.29 is 57.2 Å². The summed E-state index contributed by atoms with van der Waals surface area (Å²) in [6.07, 6.45) is 10.4. The maximum absolute atomic E-state index is 13.0. The molecule has 0 unspecified atom stereocenters. The Balaban J connectivity index is 0.000000401. The fourth-order valence-electron chi connectivity index (χ4n) is 6.34. The van der Waals surface area contributed by atoms with E-state index in [-0.39, 0.29) is 41.5 Å². The number of benzene rings is 4. The Morgan fingerprint density at radius 3 is 1.28 bits per heavy atom. The molecule has 0 radical (unpaired) electrons. The van der Waals surface area contributed by atoms with Crippen LogP contribution in [0.15, 0.2) is 97.6 Å². The lowest BCUT2D eigenvalue weighted by atomic mass is 9.83. The number of ether oxygens (including phenoxy) is 6. The van der Waals surface area contributed by atoms with Crippen LogP contribution in [0.25, 0.3) is 12.2 Å². The van der Waals surface area contributed by atoms with Crippen molar-refractivity contribution in [1.29, 1.82) is 0 Å². The predicted molar refractivity (Wildman–Crippen MR) is 302 cm³/mol. The summed E-state index contributed by atoms with van der Waals surface area (Å²) in [5.41, 5.74) is 0.805. The molecule has 12 heteroatoms. The van der Waals surface area contributed by atoms with Gasteiger partial charge >= 0.3 is 23.9 Å². The van der Waals surface area contributed by atoms with Gasteiger partial charge in [-0.25, -0.2) is 0 Å². The number of hydrogen-bond donors (Lipinski definition) is 0. The fourth-order valence-corrected chi connectivity index (χ4v) is 6.34. The van der Waals surface area contributed by atoms with E-state index in [1.807, 2.05) is 67.5 Å². The zero-order chi connectivity index (χ0) is 57.6. The summed E-state index contributed by atoms with van der Waals surface area (Å²) in [5, 5.41) is 0. The van der Waals surface area contributed by atoms with Gasteiger partial charge in [0.1, 0.15) is 34.5 Å². The van der Waals surface area contributed by atoms with E-state index in [2.05, 4.69) is 13.5 Å². The van der Waals surface area contributed by atoms with Crippen LogP contribution in [0.1, 0.15) is 180 Å². The van der Waals surface area contributed by atoms with Crippen LogP contribution in [-0.4, -0.2) is 48.2 Å². The lowest BCUT2D eigenvalue weighted by molar-refractivity contribution is -0.143. The molecule has 0 amide bonds. The van der Waals surface area contributed by atoms with E-state index in [0.717, 1.165) is 29.5 Å². The maximum Gasteiger partial charge on any atom is 0.316 e. The summed E-state index contributed by atoms with van der Waals surface area (Å²) in [6, 6.07) is 20.1. The molecule has 0 heterocycles. The molecular formula is C64H82O12. The number of ketones is 2. The molecule has 4 rings (SSSR count). The summed E-state index contributed by atoms with van der Waals surface area (Å²) in [6.45, 7) is 37.7. The molecule has 410 valence electrons. The molecule has 0 bridgehead atoms. The van der Waals surface area contributed by atoms with Crippen molar-refractivity contribution in [3.05, 3.63) is 131 Å². The molecule has 0 N–H and O–H groups in total. The average molecular weight is 1040 g/mol. The molecule has 12 nitrogen and oxygen atoms in total. The number of carbonyl (C=O) groups is 6. The first kappa shape index (κ1) is 63.2. The number of aryl methyl sites for hydroxylation is 1. The molecule has 0 fully saturated rings. The highest BCUT2D eigenvalue weighted by Crippen LogP contribution is 2.40. The van der Waals surface area contributed by atoms with Crippen LogP contribution in [0.4, 0.5) is 0 Å². The largest absolute Gasteiger partial charge is 0.493 e. The third-order valence-corrected chi connectivity index (χ3v) is 11.2. The highest BCUT2D eigenvalue weighted by molar-refractivity contribution is 6.07. The molecule has 0 spiro atoms.